The molecule has 0 amide bonds. The van der Waals surface area contributed by atoms with Crippen molar-refractivity contribution >= 4 is 23.1 Å². The topological polar surface area (TPSA) is 61.2 Å². The second-order valence-corrected chi connectivity index (χ2v) is 7.88. The standard InChI is InChI=1S/C22H24N2O3S/c1-14(2)24-15(3)10-19(16(24)4)20(25)12-27-21(26)11-18-13-28-22(23-18)17-8-6-5-7-9-17/h5-10,13-14H,11-12H2,1-4H3. The minimum atomic E-state index is -0.448. The van der Waals surface area contributed by atoms with Gasteiger partial charge in [-0.1, -0.05) is 30.3 Å². The first-order chi connectivity index (χ1) is 13.4. The molecule has 0 radical (unpaired) electrons. The van der Waals surface area contributed by atoms with Crippen molar-refractivity contribution in [3.63, 3.8) is 0 Å². The van der Waals surface area contributed by atoms with E-state index in [9.17, 15) is 9.59 Å². The second-order valence-electron chi connectivity index (χ2n) is 7.02. The summed E-state index contributed by atoms with van der Waals surface area (Å²) in [5.74, 6) is -0.632. The normalized spacial score (nSPS) is 11.0. The number of esters is 1. The van der Waals surface area contributed by atoms with Crippen molar-refractivity contribution in [1.82, 2.24) is 9.55 Å². The molecule has 0 aliphatic rings. The number of hydrogen-bond acceptors (Lipinski definition) is 5. The molecule has 0 saturated carbocycles. The highest BCUT2D eigenvalue weighted by Crippen LogP contribution is 2.24. The van der Waals surface area contributed by atoms with Crippen molar-refractivity contribution in [3.8, 4) is 10.6 Å². The zero-order valence-corrected chi connectivity index (χ0v) is 17.4. The molecule has 0 unspecified atom stereocenters. The Morgan fingerprint density at radius 2 is 1.89 bits per heavy atom. The van der Waals surface area contributed by atoms with Gasteiger partial charge in [-0.2, -0.15) is 0 Å². The number of ketones is 1. The van der Waals surface area contributed by atoms with E-state index in [0.29, 0.717) is 11.3 Å². The lowest BCUT2D eigenvalue weighted by molar-refractivity contribution is -0.141. The fraction of sp³-hybridized carbons (Fsp3) is 0.318. The van der Waals surface area contributed by atoms with Crippen molar-refractivity contribution < 1.29 is 14.3 Å². The van der Waals surface area contributed by atoms with Crippen LogP contribution < -0.4 is 0 Å². The number of carbonyl (C=O) groups excluding carboxylic acids is 2. The molecule has 0 spiro atoms. The maximum absolute atomic E-state index is 12.5. The van der Waals surface area contributed by atoms with Gasteiger partial charge < -0.3 is 9.30 Å². The van der Waals surface area contributed by atoms with Crippen molar-refractivity contribution in [3.05, 3.63) is 64.4 Å². The molecule has 3 rings (SSSR count). The van der Waals surface area contributed by atoms with Gasteiger partial charge in [0.25, 0.3) is 0 Å². The number of rotatable bonds is 7. The van der Waals surface area contributed by atoms with E-state index >= 15 is 0 Å². The average Bonchev–Trinajstić information content (AvgIpc) is 3.24. The molecule has 0 aliphatic carbocycles. The Morgan fingerprint density at radius 1 is 1.18 bits per heavy atom. The molecular weight excluding hydrogens is 372 g/mol. The lowest BCUT2D eigenvalue weighted by Gasteiger charge is -2.13. The summed E-state index contributed by atoms with van der Waals surface area (Å²) in [5, 5.41) is 2.71. The van der Waals surface area contributed by atoms with Crippen molar-refractivity contribution in [2.75, 3.05) is 6.61 Å². The van der Waals surface area contributed by atoms with E-state index in [1.54, 1.807) is 0 Å². The molecule has 1 aromatic carbocycles. The Balaban J connectivity index is 1.58. The summed E-state index contributed by atoms with van der Waals surface area (Å²) in [6.07, 6.45) is 0.0572. The van der Waals surface area contributed by atoms with Gasteiger partial charge in [0.2, 0.25) is 5.78 Å². The van der Waals surface area contributed by atoms with E-state index in [4.69, 9.17) is 4.74 Å². The molecule has 0 N–H and O–H groups in total. The Hall–Kier alpha value is -2.73. The van der Waals surface area contributed by atoms with Crippen LogP contribution in [0.2, 0.25) is 0 Å². The molecule has 0 aliphatic heterocycles. The van der Waals surface area contributed by atoms with Crippen LogP contribution in [0, 0.1) is 13.8 Å². The summed E-state index contributed by atoms with van der Waals surface area (Å²) >= 11 is 1.49. The highest BCUT2D eigenvalue weighted by Gasteiger charge is 2.19. The molecular formula is C22H24N2O3S. The van der Waals surface area contributed by atoms with Crippen LogP contribution in [0.15, 0.2) is 41.8 Å². The molecule has 28 heavy (non-hydrogen) atoms. The van der Waals surface area contributed by atoms with Gasteiger partial charge in [0.15, 0.2) is 6.61 Å². The van der Waals surface area contributed by atoms with Crippen LogP contribution in [-0.2, 0) is 16.0 Å². The first kappa shape index (κ1) is 20.0. The lowest BCUT2D eigenvalue weighted by Crippen LogP contribution is -2.16. The molecule has 0 atom stereocenters. The maximum Gasteiger partial charge on any atom is 0.312 e. The van der Waals surface area contributed by atoms with Gasteiger partial charge in [-0.25, -0.2) is 4.98 Å². The Labute approximate surface area is 169 Å². The largest absolute Gasteiger partial charge is 0.457 e. The lowest BCUT2D eigenvalue weighted by atomic mass is 10.1. The van der Waals surface area contributed by atoms with Gasteiger partial charge in [0, 0.05) is 33.9 Å². The zero-order chi connectivity index (χ0) is 20.3. The highest BCUT2D eigenvalue weighted by atomic mass is 32.1. The van der Waals surface area contributed by atoms with Crippen molar-refractivity contribution in [2.24, 2.45) is 0 Å². The number of nitrogens with zero attached hydrogens (tertiary/aromatic N) is 2. The van der Waals surface area contributed by atoms with E-state index in [1.165, 1.54) is 11.3 Å². The number of ether oxygens (including phenoxy) is 1. The third kappa shape index (κ3) is 4.39. The predicted octanol–water partition coefficient (Wildman–Crippen LogP) is 4.78. The third-order valence-electron chi connectivity index (χ3n) is 4.56. The van der Waals surface area contributed by atoms with Gasteiger partial charge in [-0.15, -0.1) is 11.3 Å². The molecule has 0 saturated heterocycles. The quantitative estimate of drug-likeness (QED) is 0.426. The van der Waals surface area contributed by atoms with Crippen molar-refractivity contribution in [2.45, 2.75) is 40.2 Å². The molecule has 2 heterocycles. The van der Waals surface area contributed by atoms with Gasteiger partial charge >= 0.3 is 5.97 Å². The van der Waals surface area contributed by atoms with Crippen LogP contribution in [0.4, 0.5) is 0 Å². The third-order valence-corrected chi connectivity index (χ3v) is 5.50. The van der Waals surface area contributed by atoms with Crippen LogP contribution in [0.5, 0.6) is 0 Å². The van der Waals surface area contributed by atoms with Crippen LogP contribution in [0.1, 0.15) is 47.3 Å². The van der Waals surface area contributed by atoms with E-state index in [2.05, 4.69) is 23.4 Å². The minimum Gasteiger partial charge on any atom is -0.457 e. The molecule has 0 bridgehead atoms. The van der Waals surface area contributed by atoms with E-state index in [0.717, 1.165) is 22.0 Å². The van der Waals surface area contributed by atoms with E-state index in [-0.39, 0.29) is 24.9 Å². The highest BCUT2D eigenvalue weighted by molar-refractivity contribution is 7.13. The number of Topliss-reactive ketones (excluding diaryl/α,β-unsaturated/α-hetero) is 1. The monoisotopic (exact) mass is 396 g/mol. The van der Waals surface area contributed by atoms with Gasteiger partial charge in [-0.05, 0) is 33.8 Å². The number of aryl methyl sites for hydroxylation is 1. The molecule has 146 valence electrons. The van der Waals surface area contributed by atoms with Crippen LogP contribution in [0.3, 0.4) is 0 Å². The smallest absolute Gasteiger partial charge is 0.312 e. The Kier molecular flexibility index (Phi) is 6.09. The Bertz CT molecular complexity index is 987. The van der Waals surface area contributed by atoms with E-state index < -0.39 is 5.97 Å². The van der Waals surface area contributed by atoms with Crippen LogP contribution in [0.25, 0.3) is 10.6 Å². The molecule has 5 nitrogen and oxygen atoms in total. The number of thiazole rings is 1. The SMILES string of the molecule is Cc1cc(C(=O)COC(=O)Cc2csc(-c3ccccc3)n2)c(C)n1C(C)C. The summed E-state index contributed by atoms with van der Waals surface area (Å²) in [5.41, 5.74) is 4.21. The fourth-order valence-corrected chi connectivity index (χ4v) is 4.20. The van der Waals surface area contributed by atoms with Gasteiger partial charge in [-0.3, -0.25) is 9.59 Å². The number of aromatic nitrogens is 2. The van der Waals surface area contributed by atoms with Crippen molar-refractivity contribution in [1.29, 1.82) is 0 Å². The summed E-state index contributed by atoms with van der Waals surface area (Å²) in [6.45, 7) is 7.79. The van der Waals surface area contributed by atoms with Crippen LogP contribution >= 0.6 is 11.3 Å². The van der Waals surface area contributed by atoms with Gasteiger partial charge in [0.05, 0.1) is 12.1 Å². The molecule has 6 heteroatoms. The Morgan fingerprint density at radius 3 is 2.54 bits per heavy atom. The predicted molar refractivity (Wildman–Crippen MR) is 111 cm³/mol. The second kappa shape index (κ2) is 8.52. The minimum absolute atomic E-state index is 0.0572. The summed E-state index contributed by atoms with van der Waals surface area (Å²) in [7, 11) is 0. The summed E-state index contributed by atoms with van der Waals surface area (Å²) < 4.78 is 7.32. The first-order valence-electron chi connectivity index (χ1n) is 9.24. The summed E-state index contributed by atoms with van der Waals surface area (Å²) in [4.78, 5) is 29.1. The fourth-order valence-electron chi connectivity index (χ4n) is 3.38. The van der Waals surface area contributed by atoms with Gasteiger partial charge in [0.1, 0.15) is 5.01 Å². The summed E-state index contributed by atoms with van der Waals surface area (Å²) in [6, 6.07) is 11.9. The zero-order valence-electron chi connectivity index (χ0n) is 16.6. The number of hydrogen-bond donors (Lipinski definition) is 0. The molecule has 3 aromatic rings. The maximum atomic E-state index is 12.5. The number of benzene rings is 1. The van der Waals surface area contributed by atoms with E-state index in [1.807, 2.05) is 55.6 Å². The average molecular weight is 397 g/mol. The molecule has 2 aromatic heterocycles. The first-order valence-corrected chi connectivity index (χ1v) is 10.1. The van der Waals surface area contributed by atoms with Crippen LogP contribution in [-0.4, -0.2) is 27.9 Å². The molecule has 0 fully saturated rings. The number of carbonyl (C=O) groups is 2.